The third-order valence-electron chi connectivity index (χ3n) is 7.48. The van der Waals surface area contributed by atoms with Crippen LogP contribution in [0.15, 0.2) is 36.5 Å². The first kappa shape index (κ1) is 27.6. The highest BCUT2D eigenvalue weighted by Crippen LogP contribution is 2.29. The molecule has 202 valence electrons. The van der Waals surface area contributed by atoms with Gasteiger partial charge in [0, 0.05) is 42.8 Å². The number of nitrogens with zero attached hydrogens (tertiary/aromatic N) is 3. The number of pyridine rings is 1. The van der Waals surface area contributed by atoms with Crippen molar-refractivity contribution in [1.82, 2.24) is 14.8 Å². The summed E-state index contributed by atoms with van der Waals surface area (Å²) in [6.07, 6.45) is 6.31. The van der Waals surface area contributed by atoms with Gasteiger partial charge in [0.1, 0.15) is 17.5 Å². The van der Waals surface area contributed by atoms with Gasteiger partial charge in [-0.1, -0.05) is 44.1 Å². The van der Waals surface area contributed by atoms with E-state index in [-0.39, 0.29) is 47.5 Å². The van der Waals surface area contributed by atoms with Crippen molar-refractivity contribution < 1.29 is 23.8 Å². The molecule has 8 heteroatoms. The van der Waals surface area contributed by atoms with Gasteiger partial charge in [0.15, 0.2) is 0 Å². The molecule has 1 aromatic carbocycles. The van der Waals surface area contributed by atoms with E-state index >= 15 is 0 Å². The van der Waals surface area contributed by atoms with Crippen molar-refractivity contribution in [2.75, 3.05) is 26.7 Å². The maximum absolute atomic E-state index is 13.6. The molecule has 2 amide bonds. The second-order valence-corrected chi connectivity index (χ2v) is 10.5. The monoisotopic (exact) mass is 521 g/mol. The molecular formula is C30H36FN3O4. The minimum absolute atomic E-state index is 0.0507. The standard InChI is InChI=1S/C30H36FN3O4/c1-20-17-34(21(2)19-35)30(37)26-15-23(13-12-22-8-7-11-25(31)14-22)16-32-28(26)38-27(20)18-33(3)29(36)24-9-5-4-6-10-24/h7-8,11,14-16,20-21,24,27,35H,4-6,9-10,17-19H2,1-3H3/t20-,21+,27+/m1/s1. The van der Waals surface area contributed by atoms with Gasteiger partial charge in [-0.25, -0.2) is 9.37 Å². The summed E-state index contributed by atoms with van der Waals surface area (Å²) < 4.78 is 19.8. The summed E-state index contributed by atoms with van der Waals surface area (Å²) in [5.41, 5.74) is 1.24. The number of carbonyl (C=O) groups is 2. The van der Waals surface area contributed by atoms with E-state index < -0.39 is 12.1 Å². The molecule has 0 unspecified atom stereocenters. The lowest BCUT2D eigenvalue weighted by Gasteiger charge is -2.38. The van der Waals surface area contributed by atoms with Crippen LogP contribution in [0.5, 0.6) is 5.88 Å². The van der Waals surface area contributed by atoms with Crippen molar-refractivity contribution in [3.05, 3.63) is 59.0 Å². The van der Waals surface area contributed by atoms with Gasteiger partial charge in [-0.05, 0) is 44.0 Å². The maximum atomic E-state index is 13.6. The lowest BCUT2D eigenvalue weighted by atomic mass is 9.88. The number of hydrogen-bond acceptors (Lipinski definition) is 5. The molecule has 2 aromatic rings. The smallest absolute Gasteiger partial charge is 0.259 e. The van der Waals surface area contributed by atoms with E-state index in [4.69, 9.17) is 4.74 Å². The SMILES string of the molecule is C[C@@H]1CN([C@@H](C)CO)C(=O)c2cc(C#Cc3cccc(F)c3)cnc2O[C@H]1CN(C)C(=O)C1CCCCC1. The van der Waals surface area contributed by atoms with Crippen LogP contribution in [0.1, 0.15) is 67.4 Å². The van der Waals surface area contributed by atoms with Crippen LogP contribution >= 0.6 is 0 Å². The Morgan fingerprint density at radius 3 is 2.68 bits per heavy atom. The molecular weight excluding hydrogens is 485 g/mol. The summed E-state index contributed by atoms with van der Waals surface area (Å²) in [5, 5.41) is 9.87. The van der Waals surface area contributed by atoms with Gasteiger partial charge in [-0.2, -0.15) is 0 Å². The molecule has 0 bridgehead atoms. The molecule has 2 heterocycles. The number of aliphatic hydroxyl groups is 1. The Hall–Kier alpha value is -3.44. The Bertz CT molecular complexity index is 1220. The second-order valence-electron chi connectivity index (χ2n) is 10.5. The molecule has 4 rings (SSSR count). The lowest BCUT2D eigenvalue weighted by Crippen LogP contribution is -2.51. The van der Waals surface area contributed by atoms with Crippen molar-refractivity contribution in [2.24, 2.45) is 11.8 Å². The van der Waals surface area contributed by atoms with E-state index in [0.29, 0.717) is 24.2 Å². The zero-order valence-electron chi connectivity index (χ0n) is 22.3. The molecule has 1 aliphatic heterocycles. The number of aliphatic hydroxyl groups excluding tert-OH is 1. The molecule has 3 atom stereocenters. The van der Waals surface area contributed by atoms with Crippen molar-refractivity contribution in [3.8, 4) is 17.7 Å². The van der Waals surface area contributed by atoms with E-state index in [9.17, 15) is 19.1 Å². The Balaban J connectivity index is 1.62. The fourth-order valence-corrected chi connectivity index (χ4v) is 5.12. The fourth-order valence-electron chi connectivity index (χ4n) is 5.12. The third-order valence-corrected chi connectivity index (χ3v) is 7.48. The molecule has 1 aliphatic carbocycles. The Morgan fingerprint density at radius 1 is 1.24 bits per heavy atom. The van der Waals surface area contributed by atoms with Crippen molar-refractivity contribution in [3.63, 3.8) is 0 Å². The van der Waals surface area contributed by atoms with Crippen molar-refractivity contribution in [2.45, 2.75) is 58.1 Å². The molecule has 7 nitrogen and oxygen atoms in total. The van der Waals surface area contributed by atoms with Gasteiger partial charge in [0.25, 0.3) is 5.91 Å². The van der Waals surface area contributed by atoms with Gasteiger partial charge >= 0.3 is 0 Å². The molecule has 1 saturated carbocycles. The lowest BCUT2D eigenvalue weighted by molar-refractivity contribution is -0.136. The van der Waals surface area contributed by atoms with E-state index in [1.807, 2.05) is 14.0 Å². The summed E-state index contributed by atoms with van der Waals surface area (Å²) in [5.74, 6) is 5.42. The summed E-state index contributed by atoms with van der Waals surface area (Å²) in [4.78, 5) is 34.5. The summed E-state index contributed by atoms with van der Waals surface area (Å²) in [7, 11) is 1.81. The van der Waals surface area contributed by atoms with Crippen molar-refractivity contribution in [1.29, 1.82) is 0 Å². The number of fused-ring (bicyclic) bond motifs is 1. The number of amides is 2. The number of aromatic nitrogens is 1. The van der Waals surface area contributed by atoms with Crippen LogP contribution in [-0.2, 0) is 4.79 Å². The average Bonchev–Trinajstić information content (AvgIpc) is 2.93. The van der Waals surface area contributed by atoms with Crippen LogP contribution in [0.4, 0.5) is 4.39 Å². The first-order valence-corrected chi connectivity index (χ1v) is 13.4. The molecule has 0 saturated heterocycles. The van der Waals surface area contributed by atoms with E-state index in [2.05, 4.69) is 16.8 Å². The van der Waals surface area contributed by atoms with Gasteiger partial charge in [-0.3, -0.25) is 9.59 Å². The number of ether oxygens (including phenoxy) is 1. The van der Waals surface area contributed by atoms with Crippen LogP contribution in [0.2, 0.25) is 0 Å². The molecule has 0 radical (unpaired) electrons. The number of likely N-dealkylation sites (N-methyl/N-ethyl adjacent to an activating group) is 1. The van der Waals surface area contributed by atoms with Crippen LogP contribution in [0.3, 0.4) is 0 Å². The van der Waals surface area contributed by atoms with Crippen LogP contribution in [0, 0.1) is 29.5 Å². The highest BCUT2D eigenvalue weighted by atomic mass is 19.1. The number of halogens is 1. The van der Waals surface area contributed by atoms with Crippen LogP contribution in [0.25, 0.3) is 0 Å². The molecule has 1 aromatic heterocycles. The van der Waals surface area contributed by atoms with Gasteiger partial charge in [-0.15, -0.1) is 0 Å². The molecule has 2 aliphatic rings. The largest absolute Gasteiger partial charge is 0.472 e. The van der Waals surface area contributed by atoms with E-state index in [0.717, 1.165) is 25.7 Å². The fraction of sp³-hybridized carbons (Fsp3) is 0.500. The second kappa shape index (κ2) is 12.4. The molecule has 0 spiro atoms. The quantitative estimate of drug-likeness (QED) is 0.604. The molecule has 1 fully saturated rings. The van der Waals surface area contributed by atoms with Gasteiger partial charge in [0.2, 0.25) is 11.8 Å². The Labute approximate surface area is 224 Å². The molecule has 1 N–H and O–H groups in total. The zero-order chi connectivity index (χ0) is 27.2. The predicted octanol–water partition coefficient (Wildman–Crippen LogP) is 3.88. The minimum atomic E-state index is -0.416. The minimum Gasteiger partial charge on any atom is -0.472 e. The summed E-state index contributed by atoms with van der Waals surface area (Å²) >= 11 is 0. The van der Waals surface area contributed by atoms with Crippen LogP contribution in [-0.4, -0.2) is 70.6 Å². The number of carbonyl (C=O) groups excluding carboxylic acids is 2. The van der Waals surface area contributed by atoms with Crippen LogP contribution < -0.4 is 4.74 Å². The highest BCUT2D eigenvalue weighted by Gasteiger charge is 2.35. The van der Waals surface area contributed by atoms with Gasteiger partial charge in [0.05, 0.1) is 19.2 Å². The topological polar surface area (TPSA) is 83.0 Å². The zero-order valence-corrected chi connectivity index (χ0v) is 22.3. The summed E-state index contributed by atoms with van der Waals surface area (Å²) in [6.45, 7) is 4.31. The Morgan fingerprint density at radius 2 is 1.97 bits per heavy atom. The number of rotatable bonds is 5. The normalized spacial score (nSPS) is 20.8. The average molecular weight is 522 g/mol. The van der Waals surface area contributed by atoms with E-state index in [1.165, 1.54) is 24.8 Å². The van der Waals surface area contributed by atoms with Crippen molar-refractivity contribution >= 4 is 11.8 Å². The third kappa shape index (κ3) is 6.51. The van der Waals surface area contributed by atoms with E-state index in [1.54, 1.807) is 34.9 Å². The molecule has 38 heavy (non-hydrogen) atoms. The first-order valence-electron chi connectivity index (χ1n) is 13.4. The number of hydrogen-bond donors (Lipinski definition) is 1. The highest BCUT2D eigenvalue weighted by molar-refractivity contribution is 5.97. The first-order chi connectivity index (χ1) is 18.3. The Kier molecular flexibility index (Phi) is 9.01. The van der Waals surface area contributed by atoms with Gasteiger partial charge < -0.3 is 19.6 Å². The maximum Gasteiger partial charge on any atom is 0.259 e. The number of benzene rings is 1. The predicted molar refractivity (Wildman–Crippen MR) is 142 cm³/mol. The summed E-state index contributed by atoms with van der Waals surface area (Å²) in [6, 6.07) is 7.18.